The second kappa shape index (κ2) is 8.46. The summed E-state index contributed by atoms with van der Waals surface area (Å²) in [7, 11) is 0. The standard InChI is InChI=1S/C26H24O/c1-4-20-5-12-25(13-6-20)26(27)18-9-21-7-10-23(11-8-21)24-16-14-22(15-17-24)19(2)3/h5-18H,2,4H2,1,3H3/b18-9-. The molecule has 0 aromatic heterocycles. The van der Waals surface area contributed by atoms with Crippen molar-refractivity contribution in [1.82, 2.24) is 0 Å². The lowest BCUT2D eigenvalue weighted by Gasteiger charge is -2.05. The molecule has 0 fully saturated rings. The maximum absolute atomic E-state index is 12.3. The molecule has 0 N–H and O–H groups in total. The molecule has 0 radical (unpaired) electrons. The van der Waals surface area contributed by atoms with Crippen LogP contribution in [0.15, 0.2) is 85.5 Å². The number of ketones is 1. The molecule has 3 rings (SSSR count). The number of allylic oxidation sites excluding steroid dienone is 2. The second-order valence-electron chi connectivity index (χ2n) is 6.73. The lowest BCUT2D eigenvalue weighted by Crippen LogP contribution is -1.94. The van der Waals surface area contributed by atoms with E-state index < -0.39 is 0 Å². The average molecular weight is 352 g/mol. The molecule has 0 spiro atoms. The van der Waals surface area contributed by atoms with Crippen LogP contribution in [0.1, 0.15) is 40.9 Å². The second-order valence-corrected chi connectivity index (χ2v) is 6.73. The maximum atomic E-state index is 12.3. The highest BCUT2D eigenvalue weighted by molar-refractivity contribution is 6.06. The molecule has 27 heavy (non-hydrogen) atoms. The van der Waals surface area contributed by atoms with Gasteiger partial charge in [0.05, 0.1) is 0 Å². The van der Waals surface area contributed by atoms with Crippen LogP contribution >= 0.6 is 0 Å². The molecule has 0 saturated heterocycles. The van der Waals surface area contributed by atoms with E-state index in [1.165, 1.54) is 11.1 Å². The third kappa shape index (κ3) is 4.71. The molecule has 0 bridgehead atoms. The summed E-state index contributed by atoms with van der Waals surface area (Å²) in [4.78, 5) is 12.3. The van der Waals surface area contributed by atoms with Gasteiger partial charge in [-0.3, -0.25) is 4.79 Å². The van der Waals surface area contributed by atoms with Gasteiger partial charge in [0.15, 0.2) is 5.78 Å². The summed E-state index contributed by atoms with van der Waals surface area (Å²) in [5.41, 5.74) is 7.51. The highest BCUT2D eigenvalue weighted by Crippen LogP contribution is 2.22. The molecule has 0 unspecified atom stereocenters. The van der Waals surface area contributed by atoms with Crippen molar-refractivity contribution in [2.45, 2.75) is 20.3 Å². The van der Waals surface area contributed by atoms with Crippen LogP contribution in [-0.2, 0) is 6.42 Å². The molecular formula is C26H24O. The normalized spacial score (nSPS) is 10.9. The molecule has 0 aliphatic heterocycles. The third-order valence-electron chi connectivity index (χ3n) is 4.70. The molecule has 0 saturated carbocycles. The molecule has 134 valence electrons. The van der Waals surface area contributed by atoms with Gasteiger partial charge in [0.2, 0.25) is 0 Å². The van der Waals surface area contributed by atoms with E-state index >= 15 is 0 Å². The molecule has 3 aromatic rings. The Morgan fingerprint density at radius 3 is 1.85 bits per heavy atom. The molecule has 3 aromatic carbocycles. The van der Waals surface area contributed by atoms with Gasteiger partial charge in [-0.15, -0.1) is 0 Å². The van der Waals surface area contributed by atoms with Crippen LogP contribution in [0.3, 0.4) is 0 Å². The van der Waals surface area contributed by atoms with Crippen LogP contribution in [0.4, 0.5) is 0 Å². The van der Waals surface area contributed by atoms with Gasteiger partial charge >= 0.3 is 0 Å². The lowest BCUT2D eigenvalue weighted by molar-refractivity contribution is 0.104. The van der Waals surface area contributed by atoms with Gasteiger partial charge in [-0.05, 0) is 47.2 Å². The monoisotopic (exact) mass is 352 g/mol. The smallest absolute Gasteiger partial charge is 0.185 e. The van der Waals surface area contributed by atoms with Crippen molar-refractivity contribution in [3.05, 3.63) is 108 Å². The fraction of sp³-hybridized carbons (Fsp3) is 0.115. The third-order valence-corrected chi connectivity index (χ3v) is 4.70. The lowest BCUT2D eigenvalue weighted by atomic mass is 10.0. The van der Waals surface area contributed by atoms with Crippen molar-refractivity contribution < 1.29 is 4.79 Å². The quantitative estimate of drug-likeness (QED) is 0.350. The summed E-state index contributed by atoms with van der Waals surface area (Å²) in [5, 5.41) is 0. The van der Waals surface area contributed by atoms with E-state index in [-0.39, 0.29) is 5.78 Å². The summed E-state index contributed by atoms with van der Waals surface area (Å²) in [6.07, 6.45) is 4.48. The van der Waals surface area contributed by atoms with Gasteiger partial charge in [0.1, 0.15) is 0 Å². The van der Waals surface area contributed by atoms with Crippen LogP contribution < -0.4 is 0 Å². The maximum Gasteiger partial charge on any atom is 0.185 e. The predicted molar refractivity (Wildman–Crippen MR) is 116 cm³/mol. The first-order chi connectivity index (χ1) is 13.1. The first-order valence-corrected chi connectivity index (χ1v) is 9.24. The largest absolute Gasteiger partial charge is 0.289 e. The van der Waals surface area contributed by atoms with E-state index in [0.29, 0.717) is 0 Å². The molecule has 1 heteroatoms. The minimum Gasteiger partial charge on any atom is -0.289 e. The Morgan fingerprint density at radius 2 is 1.33 bits per heavy atom. The summed E-state index contributed by atoms with van der Waals surface area (Å²) in [5.74, 6) is 0.0251. The molecule has 0 aliphatic rings. The first kappa shape index (κ1) is 18.6. The number of carbonyl (C=O) groups is 1. The van der Waals surface area contributed by atoms with Crippen molar-refractivity contribution in [3.63, 3.8) is 0 Å². The number of benzene rings is 3. The Kier molecular flexibility index (Phi) is 5.83. The van der Waals surface area contributed by atoms with Gasteiger partial charge in [-0.1, -0.05) is 97.9 Å². The van der Waals surface area contributed by atoms with Crippen molar-refractivity contribution in [2.24, 2.45) is 0 Å². The van der Waals surface area contributed by atoms with Gasteiger partial charge in [0, 0.05) is 5.56 Å². The van der Waals surface area contributed by atoms with Crippen LogP contribution in [0.2, 0.25) is 0 Å². The number of hydrogen-bond acceptors (Lipinski definition) is 1. The summed E-state index contributed by atoms with van der Waals surface area (Å²) in [6, 6.07) is 24.4. The van der Waals surface area contributed by atoms with Crippen molar-refractivity contribution in [3.8, 4) is 11.1 Å². The van der Waals surface area contributed by atoms with Crippen molar-refractivity contribution in [2.75, 3.05) is 0 Å². The van der Waals surface area contributed by atoms with Crippen LogP contribution in [0, 0.1) is 0 Å². The highest BCUT2D eigenvalue weighted by atomic mass is 16.1. The number of carbonyl (C=O) groups excluding carboxylic acids is 1. The van der Waals surface area contributed by atoms with E-state index in [4.69, 9.17) is 0 Å². The van der Waals surface area contributed by atoms with E-state index in [1.54, 1.807) is 6.08 Å². The van der Waals surface area contributed by atoms with E-state index in [1.807, 2.05) is 49.4 Å². The fourth-order valence-electron chi connectivity index (χ4n) is 2.91. The van der Waals surface area contributed by atoms with E-state index in [0.717, 1.165) is 34.2 Å². The van der Waals surface area contributed by atoms with Crippen LogP contribution in [0.5, 0.6) is 0 Å². The fourth-order valence-corrected chi connectivity index (χ4v) is 2.91. The Bertz CT molecular complexity index is 956. The average Bonchev–Trinajstić information content (AvgIpc) is 2.72. The molecular weight excluding hydrogens is 328 g/mol. The zero-order valence-electron chi connectivity index (χ0n) is 15.9. The van der Waals surface area contributed by atoms with Gasteiger partial charge in [0.25, 0.3) is 0 Å². The Morgan fingerprint density at radius 1 is 0.815 bits per heavy atom. The molecule has 0 amide bonds. The minimum atomic E-state index is 0.0251. The Labute approximate surface area is 161 Å². The zero-order chi connectivity index (χ0) is 19.2. The SMILES string of the molecule is C=C(C)c1ccc(-c2ccc(/C=C\C(=O)c3ccc(CC)cc3)cc2)cc1. The van der Waals surface area contributed by atoms with E-state index in [2.05, 4.69) is 49.9 Å². The summed E-state index contributed by atoms with van der Waals surface area (Å²) in [6.45, 7) is 8.09. The molecule has 0 atom stereocenters. The van der Waals surface area contributed by atoms with Crippen LogP contribution in [0.25, 0.3) is 22.8 Å². The number of rotatable bonds is 6. The highest BCUT2D eigenvalue weighted by Gasteiger charge is 2.02. The van der Waals surface area contributed by atoms with Crippen LogP contribution in [-0.4, -0.2) is 5.78 Å². The van der Waals surface area contributed by atoms with Gasteiger partial charge in [-0.25, -0.2) is 0 Å². The molecule has 0 heterocycles. The zero-order valence-corrected chi connectivity index (χ0v) is 15.9. The summed E-state index contributed by atoms with van der Waals surface area (Å²) < 4.78 is 0. The van der Waals surface area contributed by atoms with Gasteiger partial charge < -0.3 is 0 Å². The Hall–Kier alpha value is -3.19. The van der Waals surface area contributed by atoms with Crippen molar-refractivity contribution >= 4 is 17.4 Å². The molecule has 1 nitrogen and oxygen atoms in total. The van der Waals surface area contributed by atoms with Crippen molar-refractivity contribution in [1.29, 1.82) is 0 Å². The topological polar surface area (TPSA) is 17.1 Å². The minimum absolute atomic E-state index is 0.0251. The van der Waals surface area contributed by atoms with E-state index in [9.17, 15) is 4.79 Å². The summed E-state index contributed by atoms with van der Waals surface area (Å²) >= 11 is 0. The first-order valence-electron chi connectivity index (χ1n) is 9.24. The Balaban J connectivity index is 1.70. The molecule has 0 aliphatic carbocycles. The number of aryl methyl sites for hydroxylation is 1. The predicted octanol–water partition coefficient (Wildman–Crippen LogP) is 6.85. The van der Waals surface area contributed by atoms with Gasteiger partial charge in [-0.2, -0.15) is 0 Å². The number of hydrogen-bond donors (Lipinski definition) is 0.